The molecule has 1 heterocycles. The summed E-state index contributed by atoms with van der Waals surface area (Å²) in [5.74, 6) is -0.903. The number of hydrogen-bond donors (Lipinski definition) is 2. The van der Waals surface area contributed by atoms with Crippen LogP contribution in [0, 0.1) is 5.82 Å². The van der Waals surface area contributed by atoms with Crippen molar-refractivity contribution in [2.45, 2.75) is 18.3 Å². The highest BCUT2D eigenvalue weighted by Gasteiger charge is 2.12. The van der Waals surface area contributed by atoms with E-state index in [0.717, 1.165) is 5.56 Å². The maximum atomic E-state index is 13.1. The van der Waals surface area contributed by atoms with Gasteiger partial charge in [-0.05, 0) is 42.0 Å². The van der Waals surface area contributed by atoms with Gasteiger partial charge in [-0.1, -0.05) is 23.9 Å². The van der Waals surface area contributed by atoms with Crippen LogP contribution in [0.1, 0.15) is 21.6 Å². The van der Waals surface area contributed by atoms with Crippen molar-refractivity contribution >= 4 is 29.3 Å². The minimum absolute atomic E-state index is 0.101. The number of aliphatic hydroxyl groups excluding tert-OH is 1. The monoisotopic (exact) mass is 429 g/mol. The van der Waals surface area contributed by atoms with Gasteiger partial charge in [-0.15, -0.1) is 0 Å². The normalized spacial score (nSPS) is 10.6. The molecule has 0 aliphatic carbocycles. The van der Waals surface area contributed by atoms with E-state index in [4.69, 9.17) is 0 Å². The molecule has 9 heteroatoms. The number of carbonyl (C=O) groups is 2. The largest absolute Gasteiger partial charge is 0.465 e. The third-order valence-electron chi connectivity index (χ3n) is 4.14. The summed E-state index contributed by atoms with van der Waals surface area (Å²) >= 11 is 1.23. The van der Waals surface area contributed by atoms with Crippen molar-refractivity contribution in [1.82, 2.24) is 9.55 Å². The van der Waals surface area contributed by atoms with E-state index in [9.17, 15) is 19.1 Å². The van der Waals surface area contributed by atoms with E-state index in [-0.39, 0.29) is 24.1 Å². The lowest BCUT2D eigenvalue weighted by atomic mass is 10.2. The van der Waals surface area contributed by atoms with Gasteiger partial charge in [-0.3, -0.25) is 4.79 Å². The Morgan fingerprint density at radius 3 is 2.50 bits per heavy atom. The molecular formula is C21H20FN3O4S. The van der Waals surface area contributed by atoms with E-state index in [1.165, 1.54) is 31.0 Å². The Morgan fingerprint density at radius 2 is 1.87 bits per heavy atom. The maximum Gasteiger partial charge on any atom is 0.337 e. The molecule has 0 bridgehead atoms. The van der Waals surface area contributed by atoms with Gasteiger partial charge in [-0.2, -0.15) is 0 Å². The van der Waals surface area contributed by atoms with Gasteiger partial charge in [0.2, 0.25) is 5.91 Å². The Morgan fingerprint density at radius 1 is 1.17 bits per heavy atom. The topological polar surface area (TPSA) is 93.4 Å². The number of nitrogens with one attached hydrogen (secondary N) is 1. The van der Waals surface area contributed by atoms with Crippen molar-refractivity contribution in [3.05, 3.63) is 77.4 Å². The Hall–Kier alpha value is -3.17. The van der Waals surface area contributed by atoms with E-state index in [0.29, 0.717) is 28.6 Å². The number of halogens is 1. The Labute approximate surface area is 176 Å². The number of methoxy groups -OCH3 is 1. The molecule has 1 amide bonds. The Bertz CT molecular complexity index is 1020. The molecule has 0 atom stereocenters. The van der Waals surface area contributed by atoms with Gasteiger partial charge in [0.15, 0.2) is 5.16 Å². The number of amides is 1. The number of aromatic nitrogens is 2. The fourth-order valence-electron chi connectivity index (χ4n) is 2.68. The number of rotatable bonds is 8. The van der Waals surface area contributed by atoms with E-state index in [1.807, 2.05) is 4.57 Å². The molecule has 0 radical (unpaired) electrons. The van der Waals surface area contributed by atoms with Gasteiger partial charge < -0.3 is 19.7 Å². The standard InChI is InChI=1S/C21H20FN3O4S/c1-29-20(28)15-4-8-17(9-5-15)23-19(27)13-30-21-24-18(12-26)11-25(21)10-14-2-6-16(22)7-3-14/h2-9,11,26H,10,12-13H2,1H3,(H,23,27). The van der Waals surface area contributed by atoms with Crippen molar-refractivity contribution in [3.63, 3.8) is 0 Å². The van der Waals surface area contributed by atoms with Crippen LogP contribution in [0.15, 0.2) is 59.9 Å². The summed E-state index contributed by atoms with van der Waals surface area (Å²) in [6.07, 6.45) is 1.70. The van der Waals surface area contributed by atoms with Gasteiger partial charge in [0.25, 0.3) is 0 Å². The van der Waals surface area contributed by atoms with Crippen molar-refractivity contribution in [2.24, 2.45) is 0 Å². The number of carbonyl (C=O) groups excluding carboxylic acids is 2. The predicted octanol–water partition coefficient (Wildman–Crippen LogP) is 3.08. The number of hydrogen-bond acceptors (Lipinski definition) is 6. The number of aliphatic hydroxyl groups is 1. The van der Waals surface area contributed by atoms with Crippen molar-refractivity contribution in [3.8, 4) is 0 Å². The second-order valence-corrected chi connectivity index (χ2v) is 7.28. The minimum atomic E-state index is -0.448. The summed E-state index contributed by atoms with van der Waals surface area (Å²) in [5, 5.41) is 12.7. The highest BCUT2D eigenvalue weighted by molar-refractivity contribution is 7.99. The SMILES string of the molecule is COC(=O)c1ccc(NC(=O)CSc2nc(CO)cn2Cc2ccc(F)cc2)cc1. The molecule has 0 aliphatic heterocycles. The molecule has 0 unspecified atom stereocenters. The van der Waals surface area contributed by atoms with Crippen LogP contribution in [0.3, 0.4) is 0 Å². The third-order valence-corrected chi connectivity index (χ3v) is 5.13. The zero-order valence-electron chi connectivity index (χ0n) is 16.2. The molecule has 1 aromatic heterocycles. The van der Waals surface area contributed by atoms with Crippen LogP contribution in [0.25, 0.3) is 0 Å². The zero-order valence-corrected chi connectivity index (χ0v) is 17.0. The molecule has 156 valence electrons. The lowest BCUT2D eigenvalue weighted by Crippen LogP contribution is -2.15. The lowest BCUT2D eigenvalue weighted by molar-refractivity contribution is -0.113. The number of anilines is 1. The van der Waals surface area contributed by atoms with Crippen LogP contribution < -0.4 is 5.32 Å². The number of imidazole rings is 1. The average molecular weight is 429 g/mol. The number of esters is 1. The Kier molecular flexibility index (Phi) is 7.21. The van der Waals surface area contributed by atoms with Gasteiger partial charge in [0.1, 0.15) is 5.82 Å². The molecule has 0 fully saturated rings. The van der Waals surface area contributed by atoms with Crippen molar-refractivity contribution in [2.75, 3.05) is 18.2 Å². The molecule has 2 aromatic carbocycles. The first-order chi connectivity index (χ1) is 14.5. The van der Waals surface area contributed by atoms with Gasteiger partial charge in [0, 0.05) is 18.4 Å². The second kappa shape index (κ2) is 10.0. The van der Waals surface area contributed by atoms with E-state index < -0.39 is 5.97 Å². The predicted molar refractivity (Wildman–Crippen MR) is 111 cm³/mol. The molecule has 7 nitrogen and oxygen atoms in total. The zero-order chi connectivity index (χ0) is 21.5. The van der Waals surface area contributed by atoms with E-state index in [2.05, 4.69) is 15.0 Å². The number of ether oxygens (including phenoxy) is 1. The number of nitrogens with zero attached hydrogens (tertiary/aromatic N) is 2. The summed E-state index contributed by atoms with van der Waals surface area (Å²) in [6.45, 7) is 0.217. The molecule has 0 spiro atoms. The molecule has 2 N–H and O–H groups in total. The first kappa shape index (κ1) is 21.5. The smallest absolute Gasteiger partial charge is 0.337 e. The van der Waals surface area contributed by atoms with Crippen LogP contribution in [-0.4, -0.2) is 39.4 Å². The molecule has 0 saturated heterocycles. The first-order valence-corrected chi connectivity index (χ1v) is 9.99. The molecule has 3 rings (SSSR count). The highest BCUT2D eigenvalue weighted by atomic mass is 32.2. The minimum Gasteiger partial charge on any atom is -0.465 e. The highest BCUT2D eigenvalue weighted by Crippen LogP contribution is 2.20. The van der Waals surface area contributed by atoms with Gasteiger partial charge in [0.05, 0.1) is 30.7 Å². The quantitative estimate of drug-likeness (QED) is 0.422. The molecule has 30 heavy (non-hydrogen) atoms. The van der Waals surface area contributed by atoms with Crippen LogP contribution in [0.5, 0.6) is 0 Å². The Balaban J connectivity index is 1.61. The summed E-state index contributed by atoms with van der Waals surface area (Å²) in [6, 6.07) is 12.5. The molecular weight excluding hydrogens is 409 g/mol. The van der Waals surface area contributed by atoms with Crippen molar-refractivity contribution in [1.29, 1.82) is 0 Å². The van der Waals surface area contributed by atoms with Gasteiger partial charge in [-0.25, -0.2) is 14.2 Å². The first-order valence-electron chi connectivity index (χ1n) is 9.01. The van der Waals surface area contributed by atoms with Gasteiger partial charge >= 0.3 is 5.97 Å². The van der Waals surface area contributed by atoms with E-state index in [1.54, 1.807) is 42.6 Å². The van der Waals surface area contributed by atoms with Crippen LogP contribution in [0.2, 0.25) is 0 Å². The molecule has 0 saturated carbocycles. The second-order valence-electron chi connectivity index (χ2n) is 6.33. The molecule has 3 aromatic rings. The maximum absolute atomic E-state index is 13.1. The summed E-state index contributed by atoms with van der Waals surface area (Å²) < 4.78 is 19.6. The van der Waals surface area contributed by atoms with Crippen LogP contribution in [0.4, 0.5) is 10.1 Å². The summed E-state index contributed by atoms with van der Waals surface area (Å²) in [5.41, 5.74) is 2.30. The van der Waals surface area contributed by atoms with E-state index >= 15 is 0 Å². The summed E-state index contributed by atoms with van der Waals surface area (Å²) in [4.78, 5) is 28.1. The third kappa shape index (κ3) is 5.68. The molecule has 0 aliphatic rings. The number of benzene rings is 2. The fourth-order valence-corrected chi connectivity index (χ4v) is 3.47. The van der Waals surface area contributed by atoms with Crippen molar-refractivity contribution < 1.29 is 23.8 Å². The summed E-state index contributed by atoms with van der Waals surface area (Å²) in [7, 11) is 1.30. The van der Waals surface area contributed by atoms with Crippen LogP contribution >= 0.6 is 11.8 Å². The van der Waals surface area contributed by atoms with Crippen LogP contribution in [-0.2, 0) is 22.7 Å². The lowest BCUT2D eigenvalue weighted by Gasteiger charge is -2.08. The number of thioether (sulfide) groups is 1. The average Bonchev–Trinajstić information content (AvgIpc) is 3.15. The fraction of sp³-hybridized carbons (Fsp3) is 0.190.